The van der Waals surface area contributed by atoms with Crippen LogP contribution in [0.1, 0.15) is 0 Å². The van der Waals surface area contributed by atoms with Gasteiger partial charge in [0.05, 0.1) is 5.69 Å². The predicted molar refractivity (Wildman–Crippen MR) is 45.4 cm³/mol. The van der Waals surface area contributed by atoms with Crippen LogP contribution in [-0.2, 0) is 0 Å². The van der Waals surface area contributed by atoms with Crippen LogP contribution < -0.4 is 11.1 Å². The third-order valence-electron chi connectivity index (χ3n) is 1.76. The molecule has 0 aliphatic heterocycles. The van der Waals surface area contributed by atoms with Crippen molar-refractivity contribution in [2.75, 3.05) is 0 Å². The molecular formula is C8H4N3O2+. The van der Waals surface area contributed by atoms with Gasteiger partial charge >= 0.3 is 16.8 Å². The van der Waals surface area contributed by atoms with E-state index in [0.717, 1.165) is 4.57 Å². The van der Waals surface area contributed by atoms with E-state index in [-0.39, 0.29) is 0 Å². The van der Waals surface area contributed by atoms with E-state index >= 15 is 0 Å². The van der Waals surface area contributed by atoms with Crippen LogP contribution in [0, 0.1) is 5.39 Å². The van der Waals surface area contributed by atoms with Crippen molar-refractivity contribution in [3.63, 3.8) is 0 Å². The average molecular weight is 174 g/mol. The second-order valence-corrected chi connectivity index (χ2v) is 2.56. The molecule has 0 saturated carbocycles. The zero-order chi connectivity index (χ0) is 9.42. The number of diazo groups is 1. The first-order valence-corrected chi connectivity index (χ1v) is 3.57. The molecule has 2 aromatic rings. The summed E-state index contributed by atoms with van der Waals surface area (Å²) in [5.74, 6) is 0. The summed E-state index contributed by atoms with van der Waals surface area (Å²) in [6, 6.07) is 6.10. The molecule has 0 radical (unpaired) electrons. The Balaban J connectivity index is 2.47. The summed E-state index contributed by atoms with van der Waals surface area (Å²) in [7, 11) is 0. The zero-order valence-corrected chi connectivity index (χ0v) is 6.47. The lowest BCUT2D eigenvalue weighted by molar-refractivity contribution is 1.17. The van der Waals surface area contributed by atoms with E-state index in [0.29, 0.717) is 11.4 Å². The first-order chi connectivity index (χ1) is 6.24. The Morgan fingerprint density at radius 3 is 2.00 bits per heavy atom. The van der Waals surface area contributed by atoms with E-state index in [2.05, 4.69) is 4.98 Å². The summed E-state index contributed by atoms with van der Waals surface area (Å²) >= 11 is 0. The molecular weight excluding hydrogens is 170 g/mol. The molecule has 0 atom stereocenters. The molecule has 0 aliphatic rings. The molecule has 2 rings (SSSR count). The second kappa shape index (κ2) is 2.38. The molecule has 0 amide bonds. The summed E-state index contributed by atoms with van der Waals surface area (Å²) in [5, 5.41) is 8.36. The SMILES string of the molecule is N#[N+]c1ccc(-n2c(=O)c2=O)cc1. The maximum atomic E-state index is 10.7. The monoisotopic (exact) mass is 174 g/mol. The van der Waals surface area contributed by atoms with Gasteiger partial charge in [-0.1, -0.05) is 0 Å². The van der Waals surface area contributed by atoms with Gasteiger partial charge in [0.25, 0.3) is 0 Å². The smallest absolute Gasteiger partial charge is 0.262 e. The van der Waals surface area contributed by atoms with E-state index in [1.165, 1.54) is 24.3 Å². The highest BCUT2D eigenvalue weighted by atomic mass is 16.2. The maximum absolute atomic E-state index is 10.7. The van der Waals surface area contributed by atoms with Crippen LogP contribution >= 0.6 is 0 Å². The normalized spacial score (nSPS) is 10.1. The topological polar surface area (TPSA) is 67.2 Å². The van der Waals surface area contributed by atoms with Crippen molar-refractivity contribution in [3.05, 3.63) is 49.9 Å². The Hall–Kier alpha value is -2.22. The molecule has 13 heavy (non-hydrogen) atoms. The Morgan fingerprint density at radius 2 is 1.62 bits per heavy atom. The molecule has 0 fully saturated rings. The molecule has 5 heteroatoms. The predicted octanol–water partition coefficient (Wildman–Crippen LogP) is 0.558. The minimum Gasteiger partial charge on any atom is -0.262 e. The van der Waals surface area contributed by atoms with E-state index in [1.807, 2.05) is 0 Å². The van der Waals surface area contributed by atoms with Gasteiger partial charge in [-0.3, -0.25) is 9.59 Å². The Morgan fingerprint density at radius 1 is 1.08 bits per heavy atom. The van der Waals surface area contributed by atoms with Crippen LogP contribution in [0.4, 0.5) is 5.69 Å². The second-order valence-electron chi connectivity index (χ2n) is 2.56. The van der Waals surface area contributed by atoms with Crippen molar-refractivity contribution in [1.82, 2.24) is 4.57 Å². The van der Waals surface area contributed by atoms with Gasteiger partial charge in [0.2, 0.25) is 5.39 Å². The maximum Gasteiger partial charge on any atom is 0.385 e. The number of rotatable bonds is 1. The first-order valence-electron chi connectivity index (χ1n) is 3.57. The third-order valence-corrected chi connectivity index (χ3v) is 1.76. The minimum atomic E-state index is -0.506. The summed E-state index contributed by atoms with van der Waals surface area (Å²) in [6.45, 7) is 0. The van der Waals surface area contributed by atoms with Crippen molar-refractivity contribution in [1.29, 1.82) is 5.39 Å². The summed E-state index contributed by atoms with van der Waals surface area (Å²) in [5.41, 5.74) is -0.129. The zero-order valence-electron chi connectivity index (χ0n) is 6.47. The van der Waals surface area contributed by atoms with E-state index in [9.17, 15) is 9.59 Å². The van der Waals surface area contributed by atoms with Gasteiger partial charge in [-0.05, 0) is 12.1 Å². The van der Waals surface area contributed by atoms with Gasteiger partial charge in [-0.25, -0.2) is 4.57 Å². The number of benzene rings is 1. The molecule has 62 valence electrons. The number of hydrogen-bond acceptors (Lipinski definition) is 3. The molecule has 0 aliphatic carbocycles. The Bertz CT molecular complexity index is 527. The van der Waals surface area contributed by atoms with E-state index in [4.69, 9.17) is 5.39 Å². The van der Waals surface area contributed by atoms with Gasteiger partial charge < -0.3 is 0 Å². The van der Waals surface area contributed by atoms with Crippen LogP contribution in [0.15, 0.2) is 33.9 Å². The van der Waals surface area contributed by atoms with Gasteiger partial charge in [0, 0.05) is 12.1 Å². The standard InChI is InChI=1S/C8H4N3O2/c9-10-5-1-3-6(4-2-5)11-7(12)8(11)13/h1-4H/q+1. The summed E-state index contributed by atoms with van der Waals surface area (Å²) in [6.07, 6.45) is 0. The molecule has 0 spiro atoms. The number of aromatic nitrogens is 1. The first kappa shape index (κ1) is 7.43. The molecule has 1 heterocycles. The molecule has 0 saturated heterocycles. The van der Waals surface area contributed by atoms with Crippen LogP contribution in [0.2, 0.25) is 0 Å². The molecule has 0 bridgehead atoms. The third kappa shape index (κ3) is 1.05. The fourth-order valence-corrected chi connectivity index (χ4v) is 1.04. The highest BCUT2D eigenvalue weighted by Crippen LogP contribution is 2.13. The largest absolute Gasteiger partial charge is 0.385 e. The van der Waals surface area contributed by atoms with Crippen LogP contribution in [-0.4, -0.2) is 4.57 Å². The summed E-state index contributed by atoms with van der Waals surface area (Å²) in [4.78, 5) is 24.3. The van der Waals surface area contributed by atoms with E-state index in [1.54, 1.807) is 0 Å². The number of hydrogen-bond donors (Lipinski definition) is 0. The lowest BCUT2D eigenvalue weighted by Crippen LogP contribution is -1.89. The molecule has 5 nitrogen and oxygen atoms in total. The van der Waals surface area contributed by atoms with Gasteiger partial charge in [-0.15, -0.1) is 0 Å². The molecule has 1 aromatic carbocycles. The molecule has 1 aromatic heterocycles. The van der Waals surface area contributed by atoms with Gasteiger partial charge in [0.1, 0.15) is 0 Å². The van der Waals surface area contributed by atoms with Crippen molar-refractivity contribution in [2.24, 2.45) is 0 Å². The van der Waals surface area contributed by atoms with E-state index < -0.39 is 11.1 Å². The fourth-order valence-electron chi connectivity index (χ4n) is 1.04. The van der Waals surface area contributed by atoms with Crippen LogP contribution in [0.25, 0.3) is 10.7 Å². The number of nitrogens with zero attached hydrogens (tertiary/aromatic N) is 3. The van der Waals surface area contributed by atoms with Crippen molar-refractivity contribution in [3.8, 4) is 5.69 Å². The Kier molecular flexibility index (Phi) is 1.36. The lowest BCUT2D eigenvalue weighted by atomic mass is 10.3. The van der Waals surface area contributed by atoms with Gasteiger partial charge in [0.15, 0.2) is 4.98 Å². The van der Waals surface area contributed by atoms with Gasteiger partial charge in [-0.2, -0.15) is 0 Å². The highest BCUT2D eigenvalue weighted by molar-refractivity contribution is 5.49. The summed E-state index contributed by atoms with van der Waals surface area (Å²) < 4.78 is 1.04. The molecule has 0 N–H and O–H groups in total. The van der Waals surface area contributed by atoms with Crippen molar-refractivity contribution >= 4 is 5.69 Å². The fraction of sp³-hybridized carbons (Fsp3) is 0. The minimum absolute atomic E-state index is 0.380. The molecule has 0 unspecified atom stereocenters. The van der Waals surface area contributed by atoms with Crippen LogP contribution in [0.5, 0.6) is 0 Å². The highest BCUT2D eigenvalue weighted by Gasteiger charge is 2.18. The quantitative estimate of drug-likeness (QED) is 0.468. The van der Waals surface area contributed by atoms with Crippen molar-refractivity contribution in [2.45, 2.75) is 0 Å². The Labute approximate surface area is 72.2 Å². The van der Waals surface area contributed by atoms with Crippen LogP contribution in [0.3, 0.4) is 0 Å². The average Bonchev–Trinajstić information content (AvgIpc) is 2.75. The lowest BCUT2D eigenvalue weighted by Gasteiger charge is -1.87. The van der Waals surface area contributed by atoms with Crippen molar-refractivity contribution < 1.29 is 0 Å².